The third-order valence-corrected chi connectivity index (χ3v) is 4.79. The van der Waals surface area contributed by atoms with Gasteiger partial charge in [-0.15, -0.1) is 0 Å². The van der Waals surface area contributed by atoms with Crippen molar-refractivity contribution >= 4 is 23.5 Å². The van der Waals surface area contributed by atoms with Gasteiger partial charge in [0.05, 0.1) is 5.56 Å². The van der Waals surface area contributed by atoms with Crippen LogP contribution in [0.5, 0.6) is 0 Å². The van der Waals surface area contributed by atoms with Gasteiger partial charge >= 0.3 is 5.97 Å². The second-order valence-corrected chi connectivity index (χ2v) is 6.55. The molecule has 1 aromatic carbocycles. The number of anilines is 1. The fraction of sp³-hybridized carbons (Fsp3) is 0.471. The smallest absolute Gasteiger partial charge is 0.329 e. The molecule has 3 rings (SSSR count). The van der Waals surface area contributed by atoms with E-state index in [1.165, 1.54) is 24.0 Å². The number of benzene rings is 1. The average molecular weight is 334 g/mol. The Labute approximate surface area is 138 Å². The maximum absolute atomic E-state index is 14.1. The van der Waals surface area contributed by atoms with Crippen molar-refractivity contribution in [2.45, 2.75) is 38.1 Å². The number of carboxylic acid groups (broad SMARTS) is 1. The molecule has 2 aliphatic rings. The van der Waals surface area contributed by atoms with Crippen LogP contribution in [-0.2, 0) is 9.59 Å². The molecule has 2 amide bonds. The molecule has 0 aromatic heterocycles. The lowest BCUT2D eigenvalue weighted by Gasteiger charge is -2.26. The van der Waals surface area contributed by atoms with Gasteiger partial charge in [-0.1, -0.05) is 0 Å². The second kappa shape index (κ2) is 5.89. The molecule has 1 unspecified atom stereocenters. The summed E-state index contributed by atoms with van der Waals surface area (Å²) in [5.41, 5.74) is -1.21. The summed E-state index contributed by atoms with van der Waals surface area (Å²) in [6, 6.07) is 3.89. The average Bonchev–Trinajstić information content (AvgIpc) is 3.30. The zero-order valence-corrected chi connectivity index (χ0v) is 13.3. The van der Waals surface area contributed by atoms with Crippen molar-refractivity contribution in [2.75, 3.05) is 11.4 Å². The summed E-state index contributed by atoms with van der Waals surface area (Å²) >= 11 is 0. The molecule has 128 valence electrons. The van der Waals surface area contributed by atoms with Crippen molar-refractivity contribution in [3.63, 3.8) is 0 Å². The summed E-state index contributed by atoms with van der Waals surface area (Å²) in [6.45, 7) is 1.97. The topological polar surface area (TPSA) is 86.7 Å². The summed E-state index contributed by atoms with van der Waals surface area (Å²) in [5.74, 6) is -2.87. The minimum absolute atomic E-state index is 0.0682. The molecular formula is C17H19FN2O4. The molecule has 1 aliphatic carbocycles. The molecule has 6 nitrogen and oxygen atoms in total. The van der Waals surface area contributed by atoms with Gasteiger partial charge in [0.2, 0.25) is 5.91 Å². The Hall–Kier alpha value is -2.44. The van der Waals surface area contributed by atoms with Crippen molar-refractivity contribution in [1.29, 1.82) is 0 Å². The minimum atomic E-state index is -1.41. The second-order valence-electron chi connectivity index (χ2n) is 6.55. The van der Waals surface area contributed by atoms with Crippen LogP contribution in [0.15, 0.2) is 18.2 Å². The molecule has 1 saturated heterocycles. The van der Waals surface area contributed by atoms with E-state index in [1.807, 2.05) is 0 Å². The van der Waals surface area contributed by atoms with Crippen molar-refractivity contribution in [1.82, 2.24) is 5.32 Å². The predicted octanol–water partition coefficient (Wildman–Crippen LogP) is 1.94. The summed E-state index contributed by atoms with van der Waals surface area (Å²) < 4.78 is 14.1. The monoisotopic (exact) mass is 334 g/mol. The Morgan fingerprint density at radius 3 is 2.62 bits per heavy atom. The molecule has 2 N–H and O–H groups in total. The van der Waals surface area contributed by atoms with E-state index in [-0.39, 0.29) is 17.4 Å². The van der Waals surface area contributed by atoms with Crippen molar-refractivity contribution in [3.8, 4) is 0 Å². The zero-order chi connectivity index (χ0) is 17.5. The predicted molar refractivity (Wildman–Crippen MR) is 84.2 cm³/mol. The summed E-state index contributed by atoms with van der Waals surface area (Å²) in [7, 11) is 0. The third-order valence-electron chi connectivity index (χ3n) is 4.79. The number of hydrogen-bond donors (Lipinski definition) is 2. The van der Waals surface area contributed by atoms with E-state index >= 15 is 0 Å². The van der Waals surface area contributed by atoms with Gasteiger partial charge in [0.1, 0.15) is 11.4 Å². The minimum Gasteiger partial charge on any atom is -0.480 e. The molecule has 7 heteroatoms. The standard InChI is InChI=1S/C17H19FN2O4/c1-17(16(23)24,10-4-5-10)19-15(22)12-9-11(6-7-13(12)18)20-8-2-3-14(20)21/h6-7,9-10H,2-5,8H2,1H3,(H,19,22)(H,23,24). The van der Waals surface area contributed by atoms with Crippen LogP contribution in [0.2, 0.25) is 0 Å². The Kier molecular flexibility index (Phi) is 4.03. The maximum atomic E-state index is 14.1. The van der Waals surface area contributed by atoms with Crippen LogP contribution in [0.1, 0.15) is 43.0 Å². The number of carbonyl (C=O) groups is 3. The van der Waals surface area contributed by atoms with Gasteiger partial charge in [-0.2, -0.15) is 0 Å². The van der Waals surface area contributed by atoms with E-state index in [9.17, 15) is 23.9 Å². The van der Waals surface area contributed by atoms with Gasteiger partial charge in [-0.25, -0.2) is 9.18 Å². The third kappa shape index (κ3) is 2.86. The summed E-state index contributed by atoms with van der Waals surface area (Å²) in [6.07, 6.45) is 2.58. The van der Waals surface area contributed by atoms with Crippen molar-refractivity contribution < 1.29 is 23.9 Å². The number of carbonyl (C=O) groups excluding carboxylic acids is 2. The summed E-state index contributed by atoms with van der Waals surface area (Å²) in [5, 5.41) is 11.9. The molecule has 0 spiro atoms. The van der Waals surface area contributed by atoms with Gasteiger partial charge in [0.25, 0.3) is 5.91 Å². The normalized spacial score (nSPS) is 19.9. The molecule has 0 bridgehead atoms. The SMILES string of the molecule is CC(NC(=O)c1cc(N2CCCC2=O)ccc1F)(C(=O)O)C1CC1. The first-order valence-corrected chi connectivity index (χ1v) is 7.99. The van der Waals surface area contributed by atoms with E-state index in [1.54, 1.807) is 0 Å². The number of hydrogen-bond acceptors (Lipinski definition) is 3. The zero-order valence-electron chi connectivity index (χ0n) is 13.3. The van der Waals surface area contributed by atoms with Crippen LogP contribution >= 0.6 is 0 Å². The largest absolute Gasteiger partial charge is 0.480 e. The van der Waals surface area contributed by atoms with Crippen LogP contribution in [0.3, 0.4) is 0 Å². The first-order chi connectivity index (χ1) is 11.3. The lowest BCUT2D eigenvalue weighted by Crippen LogP contribution is -2.54. The van der Waals surface area contributed by atoms with Gasteiger partial charge in [0.15, 0.2) is 0 Å². The molecule has 1 saturated carbocycles. The Balaban J connectivity index is 1.86. The fourth-order valence-corrected chi connectivity index (χ4v) is 3.07. The van der Waals surface area contributed by atoms with Crippen LogP contribution < -0.4 is 10.2 Å². The first-order valence-electron chi connectivity index (χ1n) is 7.99. The first kappa shape index (κ1) is 16.4. The summed E-state index contributed by atoms with van der Waals surface area (Å²) in [4.78, 5) is 37.3. The number of nitrogens with zero attached hydrogens (tertiary/aromatic N) is 1. The highest BCUT2D eigenvalue weighted by atomic mass is 19.1. The number of rotatable bonds is 5. The highest BCUT2D eigenvalue weighted by molar-refractivity contribution is 6.01. The lowest BCUT2D eigenvalue weighted by molar-refractivity contribution is -0.144. The number of halogens is 1. The lowest BCUT2D eigenvalue weighted by atomic mass is 9.95. The highest BCUT2D eigenvalue weighted by Gasteiger charge is 2.48. The molecule has 1 aliphatic heterocycles. The molecule has 2 fully saturated rings. The van der Waals surface area contributed by atoms with Gasteiger partial charge < -0.3 is 15.3 Å². The van der Waals surface area contributed by atoms with E-state index < -0.39 is 23.2 Å². The highest BCUT2D eigenvalue weighted by Crippen LogP contribution is 2.40. The molecule has 1 aromatic rings. The van der Waals surface area contributed by atoms with E-state index in [2.05, 4.69) is 5.32 Å². The molecule has 0 radical (unpaired) electrons. The molecule has 24 heavy (non-hydrogen) atoms. The Morgan fingerprint density at radius 2 is 2.08 bits per heavy atom. The van der Waals surface area contributed by atoms with Gasteiger partial charge in [-0.3, -0.25) is 9.59 Å². The number of carboxylic acids is 1. The molecule has 1 heterocycles. The van der Waals surface area contributed by atoms with E-state index in [0.717, 1.165) is 12.5 Å². The van der Waals surface area contributed by atoms with Gasteiger partial charge in [0, 0.05) is 18.7 Å². The Morgan fingerprint density at radius 1 is 1.38 bits per heavy atom. The van der Waals surface area contributed by atoms with Crippen molar-refractivity contribution in [3.05, 3.63) is 29.6 Å². The van der Waals surface area contributed by atoms with Gasteiger partial charge in [-0.05, 0) is 50.3 Å². The Bertz CT molecular complexity index is 717. The van der Waals surface area contributed by atoms with E-state index in [0.29, 0.717) is 31.5 Å². The fourth-order valence-electron chi connectivity index (χ4n) is 3.07. The number of amides is 2. The van der Waals surface area contributed by atoms with Crippen LogP contribution in [0.25, 0.3) is 0 Å². The quantitative estimate of drug-likeness (QED) is 0.861. The van der Waals surface area contributed by atoms with Crippen LogP contribution in [0.4, 0.5) is 10.1 Å². The number of nitrogens with one attached hydrogen (secondary N) is 1. The number of aliphatic carboxylic acids is 1. The van der Waals surface area contributed by atoms with Crippen molar-refractivity contribution in [2.24, 2.45) is 5.92 Å². The van der Waals surface area contributed by atoms with Crippen LogP contribution in [0, 0.1) is 11.7 Å². The maximum Gasteiger partial charge on any atom is 0.329 e. The molecule has 1 atom stereocenters. The van der Waals surface area contributed by atoms with Crippen LogP contribution in [-0.4, -0.2) is 35.0 Å². The molecular weight excluding hydrogens is 315 g/mol. The van der Waals surface area contributed by atoms with E-state index in [4.69, 9.17) is 0 Å².